The van der Waals surface area contributed by atoms with E-state index in [1.54, 1.807) is 12.1 Å². The van der Waals surface area contributed by atoms with E-state index in [1.165, 1.54) is 11.3 Å². The first-order chi connectivity index (χ1) is 7.18. The van der Waals surface area contributed by atoms with Crippen LogP contribution in [0.25, 0.3) is 16.3 Å². The largest absolute Gasteiger partial charge is 0.507 e. The second-order valence-corrected chi connectivity index (χ2v) is 3.94. The number of phenolic OH excluding ortho intramolecular Hbond substituents is 1. The van der Waals surface area contributed by atoms with Gasteiger partial charge >= 0.3 is 0 Å². The first-order valence-electron chi connectivity index (χ1n) is 4.37. The summed E-state index contributed by atoms with van der Waals surface area (Å²) in [5, 5.41) is 12.2. The summed E-state index contributed by atoms with van der Waals surface area (Å²) in [4.78, 5) is 4.27. The molecule has 0 aliphatic carbocycles. The molecule has 2 rings (SSSR count). The van der Waals surface area contributed by atoms with Crippen molar-refractivity contribution in [3.05, 3.63) is 41.9 Å². The summed E-state index contributed by atoms with van der Waals surface area (Å²) in [6, 6.07) is 7.08. The van der Waals surface area contributed by atoms with Crippen LogP contribution in [0.3, 0.4) is 0 Å². The number of aromatic hydroxyl groups is 1. The molecule has 0 saturated carbocycles. The van der Waals surface area contributed by atoms with Crippen molar-refractivity contribution in [1.29, 1.82) is 0 Å². The van der Waals surface area contributed by atoms with Crippen molar-refractivity contribution >= 4 is 17.0 Å². The minimum absolute atomic E-state index is 0.223. The van der Waals surface area contributed by atoms with E-state index < -0.39 is 0 Å². The molecular formula is C11H10N2OS. The minimum atomic E-state index is 0.223. The third-order valence-electron chi connectivity index (χ3n) is 1.97. The van der Waals surface area contributed by atoms with Crippen molar-refractivity contribution in [2.75, 3.05) is 0 Å². The fourth-order valence-corrected chi connectivity index (χ4v) is 2.08. The molecule has 15 heavy (non-hydrogen) atoms. The van der Waals surface area contributed by atoms with Gasteiger partial charge in [-0.25, -0.2) is 4.98 Å². The summed E-state index contributed by atoms with van der Waals surface area (Å²) in [6.45, 7) is 3.61. The summed E-state index contributed by atoms with van der Waals surface area (Å²) in [5.41, 5.74) is 7.35. The maximum atomic E-state index is 9.62. The molecule has 4 heteroatoms. The highest BCUT2D eigenvalue weighted by Gasteiger charge is 2.08. The Kier molecular flexibility index (Phi) is 2.43. The molecule has 3 nitrogen and oxygen atoms in total. The summed E-state index contributed by atoms with van der Waals surface area (Å²) >= 11 is 1.43. The van der Waals surface area contributed by atoms with Gasteiger partial charge in [0.05, 0.1) is 17.0 Å². The van der Waals surface area contributed by atoms with Crippen LogP contribution >= 0.6 is 11.3 Å². The van der Waals surface area contributed by atoms with Gasteiger partial charge in [-0.05, 0) is 12.1 Å². The van der Waals surface area contributed by atoms with Crippen LogP contribution in [0.5, 0.6) is 5.75 Å². The van der Waals surface area contributed by atoms with Gasteiger partial charge in [0.1, 0.15) is 10.8 Å². The quantitative estimate of drug-likeness (QED) is 0.814. The van der Waals surface area contributed by atoms with Gasteiger partial charge in [-0.2, -0.15) is 0 Å². The lowest BCUT2D eigenvalue weighted by atomic mass is 10.2. The fourth-order valence-electron chi connectivity index (χ4n) is 1.20. The number of aromatic nitrogens is 1. The van der Waals surface area contributed by atoms with Crippen LogP contribution in [0.1, 0.15) is 5.69 Å². The Hall–Kier alpha value is -1.81. The Morgan fingerprint density at radius 3 is 2.73 bits per heavy atom. The molecule has 0 amide bonds. The number of phenols is 1. The summed E-state index contributed by atoms with van der Waals surface area (Å²) in [5.74, 6) is 0.223. The molecule has 0 unspecified atom stereocenters. The molecule has 0 bridgehead atoms. The molecule has 1 aromatic heterocycles. The van der Waals surface area contributed by atoms with Gasteiger partial charge in [-0.15, -0.1) is 11.3 Å². The second kappa shape index (κ2) is 3.74. The van der Waals surface area contributed by atoms with Crippen molar-refractivity contribution in [1.82, 2.24) is 4.98 Å². The fraction of sp³-hybridized carbons (Fsp3) is 0. The van der Waals surface area contributed by atoms with Gasteiger partial charge in [0.25, 0.3) is 0 Å². The van der Waals surface area contributed by atoms with Crippen LogP contribution in [0, 0.1) is 0 Å². The maximum absolute atomic E-state index is 9.62. The first-order valence-corrected chi connectivity index (χ1v) is 5.25. The number of rotatable bonds is 2. The topological polar surface area (TPSA) is 59.1 Å². The SMILES string of the molecule is C=C(N)c1csc(-c2ccccc2O)n1. The molecule has 76 valence electrons. The van der Waals surface area contributed by atoms with Crippen molar-refractivity contribution in [2.24, 2.45) is 5.73 Å². The predicted molar refractivity (Wildman–Crippen MR) is 62.4 cm³/mol. The minimum Gasteiger partial charge on any atom is -0.507 e. The van der Waals surface area contributed by atoms with Gasteiger partial charge in [-0.3, -0.25) is 0 Å². The van der Waals surface area contributed by atoms with Crippen molar-refractivity contribution in [2.45, 2.75) is 0 Å². The molecule has 3 N–H and O–H groups in total. The number of benzene rings is 1. The lowest BCUT2D eigenvalue weighted by Crippen LogP contribution is -1.93. The van der Waals surface area contributed by atoms with Crippen LogP contribution in [0.15, 0.2) is 36.2 Å². The molecular weight excluding hydrogens is 208 g/mol. The van der Waals surface area contributed by atoms with Gasteiger partial charge < -0.3 is 10.8 Å². The van der Waals surface area contributed by atoms with E-state index in [0.717, 1.165) is 10.6 Å². The molecule has 1 heterocycles. The van der Waals surface area contributed by atoms with Crippen LogP contribution in [-0.2, 0) is 0 Å². The van der Waals surface area contributed by atoms with Gasteiger partial charge in [0.2, 0.25) is 0 Å². The van der Waals surface area contributed by atoms with Crippen molar-refractivity contribution in [3.8, 4) is 16.3 Å². The average molecular weight is 218 g/mol. The number of hydrogen-bond acceptors (Lipinski definition) is 4. The highest BCUT2D eigenvalue weighted by Crippen LogP contribution is 2.31. The highest BCUT2D eigenvalue weighted by atomic mass is 32.1. The highest BCUT2D eigenvalue weighted by molar-refractivity contribution is 7.13. The molecule has 0 aliphatic rings. The zero-order valence-corrected chi connectivity index (χ0v) is 8.79. The number of nitrogens with zero attached hydrogens (tertiary/aromatic N) is 1. The molecule has 0 spiro atoms. The van der Waals surface area contributed by atoms with E-state index in [1.807, 2.05) is 17.5 Å². The lowest BCUT2D eigenvalue weighted by molar-refractivity contribution is 0.477. The monoisotopic (exact) mass is 218 g/mol. The van der Waals surface area contributed by atoms with E-state index >= 15 is 0 Å². The van der Waals surface area contributed by atoms with E-state index in [2.05, 4.69) is 11.6 Å². The Morgan fingerprint density at radius 1 is 1.40 bits per heavy atom. The number of nitrogens with two attached hydrogens (primary N) is 1. The van der Waals surface area contributed by atoms with Gasteiger partial charge in [-0.1, -0.05) is 18.7 Å². The zero-order valence-electron chi connectivity index (χ0n) is 7.97. The van der Waals surface area contributed by atoms with Crippen molar-refractivity contribution < 1.29 is 5.11 Å². The molecule has 0 fully saturated rings. The zero-order chi connectivity index (χ0) is 10.8. The molecule has 0 radical (unpaired) electrons. The summed E-state index contributed by atoms with van der Waals surface area (Å²) in [6.07, 6.45) is 0. The van der Waals surface area contributed by atoms with Crippen molar-refractivity contribution in [3.63, 3.8) is 0 Å². The van der Waals surface area contributed by atoms with Gasteiger partial charge in [0.15, 0.2) is 0 Å². The average Bonchev–Trinajstić information content (AvgIpc) is 2.67. The third-order valence-corrected chi connectivity index (χ3v) is 2.84. The smallest absolute Gasteiger partial charge is 0.127 e. The van der Waals surface area contributed by atoms with Crippen LogP contribution in [-0.4, -0.2) is 10.1 Å². The summed E-state index contributed by atoms with van der Waals surface area (Å²) < 4.78 is 0. The van der Waals surface area contributed by atoms with E-state index in [-0.39, 0.29) is 5.75 Å². The normalized spacial score (nSPS) is 10.1. The Labute approximate surface area is 91.5 Å². The van der Waals surface area contributed by atoms with E-state index in [9.17, 15) is 5.11 Å². The lowest BCUT2D eigenvalue weighted by Gasteiger charge is -1.98. The van der Waals surface area contributed by atoms with Gasteiger partial charge in [0, 0.05) is 5.38 Å². The third kappa shape index (κ3) is 1.85. The van der Waals surface area contributed by atoms with Crippen LogP contribution in [0.4, 0.5) is 0 Å². The van der Waals surface area contributed by atoms with Crippen LogP contribution in [0.2, 0.25) is 0 Å². The molecule has 0 saturated heterocycles. The van der Waals surface area contributed by atoms with E-state index in [4.69, 9.17) is 5.73 Å². The summed E-state index contributed by atoms with van der Waals surface area (Å²) in [7, 11) is 0. The first kappa shape index (κ1) is 9.73. The Balaban J connectivity index is 2.46. The Bertz CT molecular complexity index is 505. The number of thiazole rings is 1. The molecule has 1 aromatic carbocycles. The molecule has 2 aromatic rings. The Morgan fingerprint density at radius 2 is 2.13 bits per heavy atom. The predicted octanol–water partition coefficient (Wildman–Crippen LogP) is 2.45. The number of hydrogen-bond donors (Lipinski definition) is 2. The molecule has 0 atom stereocenters. The second-order valence-electron chi connectivity index (χ2n) is 3.08. The van der Waals surface area contributed by atoms with E-state index in [0.29, 0.717) is 11.4 Å². The van der Waals surface area contributed by atoms with Crippen LogP contribution < -0.4 is 5.73 Å². The number of para-hydroxylation sites is 1. The maximum Gasteiger partial charge on any atom is 0.127 e. The standard InChI is InChI=1S/C11H10N2OS/c1-7(12)9-6-15-11(13-9)8-4-2-3-5-10(8)14/h2-6,14H,1,12H2. The molecule has 0 aliphatic heterocycles.